The molecule has 3 atom stereocenters. The van der Waals surface area contributed by atoms with Gasteiger partial charge in [-0.3, -0.25) is 0 Å². The molecule has 196 valence electrons. The van der Waals surface area contributed by atoms with Gasteiger partial charge < -0.3 is 24.6 Å². The Kier molecular flexibility index (Phi) is 7.35. The smallest absolute Gasteiger partial charge is 0.417 e. The van der Waals surface area contributed by atoms with Crippen molar-refractivity contribution in [1.29, 1.82) is 0 Å². The number of urea groups is 1. The Balaban J connectivity index is 1.51. The first-order valence-corrected chi connectivity index (χ1v) is 12.2. The summed E-state index contributed by atoms with van der Waals surface area (Å²) in [5.41, 5.74) is 0.201. The number of rotatable bonds is 5. The van der Waals surface area contributed by atoms with Crippen LogP contribution in [-0.2, 0) is 11.6 Å². The number of amides is 2. The molecule has 1 heterocycles. The zero-order valence-electron chi connectivity index (χ0n) is 20.8. The minimum atomic E-state index is -4.60. The first kappa shape index (κ1) is 26.4. The monoisotopic (exact) mass is 525 g/mol. The molecule has 1 saturated heterocycles. The highest BCUT2D eigenvalue weighted by Crippen LogP contribution is 2.50. The minimum Gasteiger partial charge on any atom is -0.493 e. The molecule has 6 nitrogen and oxygen atoms in total. The lowest BCUT2D eigenvalue weighted by Gasteiger charge is -2.46. The van der Waals surface area contributed by atoms with Crippen molar-refractivity contribution >= 4 is 23.3 Å². The molecule has 1 aliphatic heterocycles. The third-order valence-electron chi connectivity index (χ3n) is 7.85. The quantitative estimate of drug-likeness (QED) is 0.517. The molecular formula is C26H31ClF3N3O3. The van der Waals surface area contributed by atoms with Crippen molar-refractivity contribution in [3.63, 3.8) is 0 Å². The van der Waals surface area contributed by atoms with E-state index in [4.69, 9.17) is 21.1 Å². The van der Waals surface area contributed by atoms with Crippen molar-refractivity contribution < 1.29 is 27.4 Å². The second-order valence-corrected chi connectivity index (χ2v) is 10.0. The molecule has 0 unspecified atom stereocenters. The highest BCUT2D eigenvalue weighted by molar-refractivity contribution is 6.31. The van der Waals surface area contributed by atoms with Crippen molar-refractivity contribution in [1.82, 2.24) is 9.80 Å². The van der Waals surface area contributed by atoms with E-state index in [0.717, 1.165) is 44.4 Å². The Morgan fingerprint density at radius 2 is 1.86 bits per heavy atom. The highest BCUT2D eigenvalue weighted by Gasteiger charge is 2.51. The molecule has 0 aromatic heterocycles. The Hall–Kier alpha value is -2.65. The average molecular weight is 526 g/mol. The van der Waals surface area contributed by atoms with Crippen LogP contribution in [0.5, 0.6) is 11.5 Å². The predicted octanol–water partition coefficient (Wildman–Crippen LogP) is 6.03. The first-order valence-electron chi connectivity index (χ1n) is 11.8. The van der Waals surface area contributed by atoms with Gasteiger partial charge in [-0.2, -0.15) is 13.2 Å². The number of ether oxygens (including phenoxy) is 2. The summed E-state index contributed by atoms with van der Waals surface area (Å²) in [5.74, 6) is 1.37. The summed E-state index contributed by atoms with van der Waals surface area (Å²) in [6.45, 7) is 0.937. The van der Waals surface area contributed by atoms with E-state index in [0.29, 0.717) is 11.5 Å². The highest BCUT2D eigenvalue weighted by atomic mass is 35.5. The maximum atomic E-state index is 13.2. The maximum absolute atomic E-state index is 13.2. The number of anilines is 1. The maximum Gasteiger partial charge on any atom is 0.417 e. The molecule has 1 saturated carbocycles. The molecule has 1 aliphatic carbocycles. The molecule has 2 aromatic rings. The van der Waals surface area contributed by atoms with E-state index in [2.05, 4.69) is 29.4 Å². The fraction of sp³-hybridized carbons (Fsp3) is 0.500. The van der Waals surface area contributed by atoms with Crippen LogP contribution < -0.4 is 14.8 Å². The second-order valence-electron chi connectivity index (χ2n) is 9.63. The Morgan fingerprint density at radius 1 is 1.14 bits per heavy atom. The van der Waals surface area contributed by atoms with Gasteiger partial charge in [0.1, 0.15) is 0 Å². The number of carbonyl (C=O) groups is 1. The topological polar surface area (TPSA) is 54.0 Å². The standard InChI is InChI=1S/C26H31ClF3N3O3/c1-32-12-11-25(16-5-8-21(35-3)22(13-16)36-4)10-9-18(15-23(25)32)33(2)24(34)31-17-6-7-20(27)19(14-17)26(28,29)30/h5-8,13-14,18,23H,9-12,15H2,1-4H3,(H,31,34)/t18-,23-,25+/m1/s1. The van der Waals surface area contributed by atoms with E-state index in [9.17, 15) is 18.0 Å². The number of nitrogens with zero attached hydrogens (tertiary/aromatic N) is 2. The van der Waals surface area contributed by atoms with Crippen molar-refractivity contribution in [2.75, 3.05) is 40.2 Å². The SMILES string of the molecule is COc1ccc([C@@]23CC[C@@H](N(C)C(=O)Nc4ccc(Cl)c(C(F)(F)F)c4)C[C@H]2N(C)CC3)cc1OC. The molecule has 0 radical (unpaired) electrons. The predicted molar refractivity (Wildman–Crippen MR) is 133 cm³/mol. The summed E-state index contributed by atoms with van der Waals surface area (Å²) in [4.78, 5) is 16.9. The van der Waals surface area contributed by atoms with Gasteiger partial charge >= 0.3 is 12.2 Å². The summed E-state index contributed by atoms with van der Waals surface area (Å²) in [7, 11) is 7.03. The van der Waals surface area contributed by atoms with Crippen LogP contribution in [0.2, 0.25) is 5.02 Å². The second kappa shape index (κ2) is 10.0. The summed E-state index contributed by atoms with van der Waals surface area (Å²) >= 11 is 5.70. The zero-order chi connectivity index (χ0) is 26.3. The Labute approximate surface area is 214 Å². The molecule has 1 N–H and O–H groups in total. The van der Waals surface area contributed by atoms with Crippen LogP contribution >= 0.6 is 11.6 Å². The van der Waals surface area contributed by atoms with Crippen molar-refractivity contribution in [3.8, 4) is 11.5 Å². The van der Waals surface area contributed by atoms with Crippen LogP contribution in [0.15, 0.2) is 36.4 Å². The number of hydrogen-bond donors (Lipinski definition) is 1. The number of likely N-dealkylation sites (tertiary alicyclic amines) is 1. The van der Waals surface area contributed by atoms with Crippen LogP contribution in [0.4, 0.5) is 23.7 Å². The summed E-state index contributed by atoms with van der Waals surface area (Å²) in [5, 5.41) is 2.20. The number of nitrogens with one attached hydrogen (secondary N) is 1. The Bertz CT molecular complexity index is 1130. The summed E-state index contributed by atoms with van der Waals surface area (Å²) in [6, 6.07) is 9.17. The van der Waals surface area contributed by atoms with Gasteiger partial charge in [0.15, 0.2) is 11.5 Å². The number of halogens is 4. The molecule has 10 heteroatoms. The van der Waals surface area contributed by atoms with E-state index >= 15 is 0 Å². The lowest BCUT2D eigenvalue weighted by Crippen LogP contribution is -2.52. The molecule has 2 fully saturated rings. The largest absolute Gasteiger partial charge is 0.493 e. The number of carbonyl (C=O) groups excluding carboxylic acids is 1. The third kappa shape index (κ3) is 4.83. The molecule has 2 amide bonds. The van der Waals surface area contributed by atoms with E-state index in [1.165, 1.54) is 11.6 Å². The molecule has 36 heavy (non-hydrogen) atoms. The molecule has 2 aromatic carbocycles. The fourth-order valence-corrected chi connectivity index (χ4v) is 6.02. The number of benzene rings is 2. The van der Waals surface area contributed by atoms with Gasteiger partial charge in [-0.15, -0.1) is 0 Å². The van der Waals surface area contributed by atoms with Gasteiger partial charge in [-0.25, -0.2) is 4.79 Å². The normalized spacial score (nSPS) is 24.2. The van der Waals surface area contributed by atoms with Crippen LogP contribution in [0.3, 0.4) is 0 Å². The number of likely N-dealkylation sites (N-methyl/N-ethyl adjacent to an activating group) is 1. The van der Waals surface area contributed by atoms with Gasteiger partial charge in [0, 0.05) is 30.2 Å². The first-order chi connectivity index (χ1) is 17.0. The summed E-state index contributed by atoms with van der Waals surface area (Å²) in [6.07, 6.45) is -1.20. The number of hydrogen-bond acceptors (Lipinski definition) is 4. The van der Waals surface area contributed by atoms with Gasteiger partial charge in [0.05, 0.1) is 24.8 Å². The van der Waals surface area contributed by atoms with Crippen LogP contribution in [0.25, 0.3) is 0 Å². The number of fused-ring (bicyclic) bond motifs is 1. The van der Waals surface area contributed by atoms with E-state index in [-0.39, 0.29) is 23.2 Å². The molecular weight excluding hydrogens is 495 g/mol. The van der Waals surface area contributed by atoms with Crippen LogP contribution in [0.1, 0.15) is 36.8 Å². The fourth-order valence-electron chi connectivity index (χ4n) is 5.79. The van der Waals surface area contributed by atoms with E-state index in [1.807, 2.05) is 6.07 Å². The molecule has 4 rings (SSSR count). The van der Waals surface area contributed by atoms with E-state index < -0.39 is 22.8 Å². The van der Waals surface area contributed by atoms with Gasteiger partial charge in [0.2, 0.25) is 0 Å². The summed E-state index contributed by atoms with van der Waals surface area (Å²) < 4.78 is 50.6. The van der Waals surface area contributed by atoms with Gasteiger partial charge in [0.25, 0.3) is 0 Å². The lowest BCUT2D eigenvalue weighted by molar-refractivity contribution is -0.137. The van der Waals surface area contributed by atoms with Crippen LogP contribution in [0, 0.1) is 0 Å². The number of methoxy groups -OCH3 is 2. The van der Waals surface area contributed by atoms with E-state index in [1.54, 1.807) is 26.2 Å². The molecule has 2 aliphatic rings. The van der Waals surface area contributed by atoms with Crippen LogP contribution in [-0.4, -0.2) is 62.8 Å². The van der Waals surface area contributed by atoms with Gasteiger partial charge in [-0.1, -0.05) is 17.7 Å². The molecule has 0 spiro atoms. The minimum absolute atomic E-state index is 0.0528. The molecule has 0 bridgehead atoms. The Morgan fingerprint density at radius 3 is 2.53 bits per heavy atom. The zero-order valence-corrected chi connectivity index (χ0v) is 21.5. The lowest BCUT2D eigenvalue weighted by atomic mass is 9.65. The van der Waals surface area contributed by atoms with Crippen molar-refractivity contribution in [2.45, 2.75) is 49.4 Å². The average Bonchev–Trinajstić information content (AvgIpc) is 3.20. The number of alkyl halides is 3. The van der Waals surface area contributed by atoms with Crippen molar-refractivity contribution in [3.05, 3.63) is 52.5 Å². The van der Waals surface area contributed by atoms with Crippen molar-refractivity contribution in [2.24, 2.45) is 0 Å². The third-order valence-corrected chi connectivity index (χ3v) is 8.18. The van der Waals surface area contributed by atoms with Gasteiger partial charge in [-0.05, 0) is 75.2 Å².